The van der Waals surface area contributed by atoms with Gasteiger partial charge in [0, 0.05) is 5.46 Å². The molecule has 0 atom stereocenters. The van der Waals surface area contributed by atoms with Gasteiger partial charge in [0.05, 0.1) is 24.4 Å². The molecule has 1 aromatic rings. The van der Waals surface area contributed by atoms with Gasteiger partial charge in [0.25, 0.3) is 0 Å². The molecule has 0 bridgehead atoms. The number of ether oxygens (including phenoxy) is 2. The first-order chi connectivity index (χ1) is 9.39. The summed E-state index contributed by atoms with van der Waals surface area (Å²) in [6.07, 6.45) is 0.138. The fourth-order valence-corrected chi connectivity index (χ4v) is 2.21. The molecular formula is C15H21BO4. The normalized spacial score (nSPS) is 24.5. The molecule has 0 aromatic heterocycles. The van der Waals surface area contributed by atoms with Crippen LogP contribution in [0.15, 0.2) is 24.3 Å². The van der Waals surface area contributed by atoms with E-state index in [2.05, 4.69) is 27.7 Å². The van der Waals surface area contributed by atoms with Gasteiger partial charge in [-0.2, -0.15) is 0 Å². The molecule has 3 rings (SSSR count). The van der Waals surface area contributed by atoms with Crippen molar-refractivity contribution in [3.8, 4) is 5.75 Å². The lowest BCUT2D eigenvalue weighted by atomic mass is 9.78. The van der Waals surface area contributed by atoms with Crippen LogP contribution in [-0.2, 0) is 14.0 Å². The summed E-state index contributed by atoms with van der Waals surface area (Å²) < 4.78 is 23.3. The van der Waals surface area contributed by atoms with Gasteiger partial charge < -0.3 is 18.8 Å². The summed E-state index contributed by atoms with van der Waals surface area (Å²) in [6, 6.07) is 7.89. The minimum absolute atomic E-state index is 0.138. The van der Waals surface area contributed by atoms with Gasteiger partial charge in [-0.3, -0.25) is 0 Å². The lowest BCUT2D eigenvalue weighted by Gasteiger charge is -2.32. The molecule has 0 amide bonds. The van der Waals surface area contributed by atoms with Gasteiger partial charge in [-0.15, -0.1) is 0 Å². The topological polar surface area (TPSA) is 36.9 Å². The Bertz CT molecular complexity index is 480. The Kier molecular flexibility index (Phi) is 3.31. The maximum Gasteiger partial charge on any atom is 0.498 e. The molecule has 1 aromatic carbocycles. The Morgan fingerprint density at radius 3 is 2.20 bits per heavy atom. The average Bonchev–Trinajstić information content (AvgIpc) is 2.54. The van der Waals surface area contributed by atoms with Crippen LogP contribution in [0.3, 0.4) is 0 Å². The first kappa shape index (κ1) is 13.9. The Labute approximate surface area is 120 Å². The molecule has 2 saturated heterocycles. The van der Waals surface area contributed by atoms with E-state index in [1.54, 1.807) is 0 Å². The average molecular weight is 276 g/mol. The van der Waals surface area contributed by atoms with Crippen molar-refractivity contribution in [3.63, 3.8) is 0 Å². The molecular weight excluding hydrogens is 255 g/mol. The van der Waals surface area contributed by atoms with Crippen LogP contribution < -0.4 is 10.2 Å². The predicted octanol–water partition coefficient (Wildman–Crippen LogP) is 1.76. The van der Waals surface area contributed by atoms with Crippen LogP contribution >= 0.6 is 0 Å². The van der Waals surface area contributed by atoms with Crippen molar-refractivity contribution < 1.29 is 18.8 Å². The first-order valence-electron chi connectivity index (χ1n) is 7.08. The van der Waals surface area contributed by atoms with E-state index >= 15 is 0 Å². The summed E-state index contributed by atoms with van der Waals surface area (Å²) in [7, 11) is -0.391. The standard InChI is InChI=1S/C15H21BO4/c1-14(2)15(3,4)20-16(19-14)12-7-5-6-8-13(12)18-11-9-17-10-11/h5-8,11H,9-10H2,1-4H3. The van der Waals surface area contributed by atoms with Crippen LogP contribution in [0, 0.1) is 0 Å². The molecule has 2 aliphatic rings. The Balaban J connectivity index is 1.84. The fourth-order valence-electron chi connectivity index (χ4n) is 2.21. The van der Waals surface area contributed by atoms with E-state index < -0.39 is 7.12 Å². The molecule has 108 valence electrons. The van der Waals surface area contributed by atoms with Gasteiger partial charge in [0.2, 0.25) is 0 Å². The highest BCUT2D eigenvalue weighted by Crippen LogP contribution is 2.37. The number of hydrogen-bond donors (Lipinski definition) is 0. The Morgan fingerprint density at radius 1 is 1.05 bits per heavy atom. The van der Waals surface area contributed by atoms with E-state index in [9.17, 15) is 0 Å². The summed E-state index contributed by atoms with van der Waals surface area (Å²) >= 11 is 0. The van der Waals surface area contributed by atoms with Crippen LogP contribution in [0.5, 0.6) is 5.75 Å². The van der Waals surface area contributed by atoms with E-state index in [4.69, 9.17) is 18.8 Å². The number of para-hydroxylation sites is 1. The smallest absolute Gasteiger partial charge is 0.486 e. The van der Waals surface area contributed by atoms with Crippen LogP contribution in [0.25, 0.3) is 0 Å². The molecule has 4 nitrogen and oxygen atoms in total. The quantitative estimate of drug-likeness (QED) is 0.788. The van der Waals surface area contributed by atoms with Gasteiger partial charge in [-0.05, 0) is 33.8 Å². The molecule has 2 aliphatic heterocycles. The SMILES string of the molecule is CC1(C)OB(c2ccccc2OC2COC2)OC1(C)C. The van der Waals surface area contributed by atoms with Crippen molar-refractivity contribution in [2.45, 2.75) is 45.0 Å². The Morgan fingerprint density at radius 2 is 1.65 bits per heavy atom. The number of hydrogen-bond acceptors (Lipinski definition) is 4. The third kappa shape index (κ3) is 2.34. The largest absolute Gasteiger partial charge is 0.498 e. The van der Waals surface area contributed by atoms with Gasteiger partial charge in [-0.1, -0.05) is 18.2 Å². The van der Waals surface area contributed by atoms with Crippen LogP contribution in [0.2, 0.25) is 0 Å². The molecule has 0 N–H and O–H groups in total. The highest BCUT2D eigenvalue weighted by Gasteiger charge is 2.52. The fraction of sp³-hybridized carbons (Fsp3) is 0.600. The summed E-state index contributed by atoms with van der Waals surface area (Å²) in [4.78, 5) is 0. The first-order valence-corrected chi connectivity index (χ1v) is 7.08. The van der Waals surface area contributed by atoms with Gasteiger partial charge in [0.1, 0.15) is 11.9 Å². The maximum atomic E-state index is 6.09. The number of rotatable bonds is 3. The van der Waals surface area contributed by atoms with Crippen LogP contribution in [0.1, 0.15) is 27.7 Å². The molecule has 0 radical (unpaired) electrons. The van der Waals surface area contributed by atoms with E-state index in [-0.39, 0.29) is 17.3 Å². The monoisotopic (exact) mass is 276 g/mol. The molecule has 0 unspecified atom stereocenters. The Hall–Kier alpha value is -1.04. The highest BCUT2D eigenvalue weighted by atomic mass is 16.7. The summed E-state index contributed by atoms with van der Waals surface area (Å²) in [6.45, 7) is 9.51. The minimum atomic E-state index is -0.391. The van der Waals surface area contributed by atoms with E-state index in [0.717, 1.165) is 11.2 Å². The summed E-state index contributed by atoms with van der Waals surface area (Å²) in [5.74, 6) is 0.819. The van der Waals surface area contributed by atoms with Crippen molar-refractivity contribution in [3.05, 3.63) is 24.3 Å². The maximum absolute atomic E-state index is 6.09. The number of benzene rings is 1. The van der Waals surface area contributed by atoms with Crippen molar-refractivity contribution >= 4 is 12.6 Å². The third-order valence-corrected chi connectivity index (χ3v) is 4.33. The van der Waals surface area contributed by atoms with E-state index in [1.807, 2.05) is 24.3 Å². The van der Waals surface area contributed by atoms with Crippen molar-refractivity contribution in [2.24, 2.45) is 0 Å². The van der Waals surface area contributed by atoms with Crippen LogP contribution in [-0.4, -0.2) is 37.6 Å². The molecule has 0 aliphatic carbocycles. The molecule has 2 fully saturated rings. The zero-order chi connectivity index (χ0) is 14.4. The second-order valence-electron chi connectivity index (χ2n) is 6.40. The van der Waals surface area contributed by atoms with Gasteiger partial charge >= 0.3 is 7.12 Å². The minimum Gasteiger partial charge on any atom is -0.486 e. The second-order valence-corrected chi connectivity index (χ2v) is 6.40. The lowest BCUT2D eigenvalue weighted by molar-refractivity contribution is -0.0793. The highest BCUT2D eigenvalue weighted by molar-refractivity contribution is 6.63. The third-order valence-electron chi connectivity index (χ3n) is 4.33. The zero-order valence-corrected chi connectivity index (χ0v) is 12.5. The lowest BCUT2D eigenvalue weighted by Crippen LogP contribution is -2.42. The summed E-state index contributed by atoms with van der Waals surface area (Å²) in [5.41, 5.74) is 0.257. The molecule has 2 heterocycles. The predicted molar refractivity (Wildman–Crippen MR) is 77.4 cm³/mol. The van der Waals surface area contributed by atoms with E-state index in [1.165, 1.54) is 0 Å². The zero-order valence-electron chi connectivity index (χ0n) is 12.5. The molecule has 5 heteroatoms. The van der Waals surface area contributed by atoms with Gasteiger partial charge in [0.15, 0.2) is 0 Å². The van der Waals surface area contributed by atoms with E-state index in [0.29, 0.717) is 13.2 Å². The molecule has 20 heavy (non-hydrogen) atoms. The second kappa shape index (κ2) is 4.76. The van der Waals surface area contributed by atoms with Gasteiger partial charge in [-0.25, -0.2) is 0 Å². The van der Waals surface area contributed by atoms with Crippen LogP contribution in [0.4, 0.5) is 0 Å². The molecule has 0 saturated carbocycles. The van der Waals surface area contributed by atoms with Crippen molar-refractivity contribution in [1.29, 1.82) is 0 Å². The molecule has 0 spiro atoms. The van der Waals surface area contributed by atoms with Crippen molar-refractivity contribution in [1.82, 2.24) is 0 Å². The summed E-state index contributed by atoms with van der Waals surface area (Å²) in [5, 5.41) is 0. The van der Waals surface area contributed by atoms with Crippen molar-refractivity contribution in [2.75, 3.05) is 13.2 Å².